The van der Waals surface area contributed by atoms with Gasteiger partial charge in [0.2, 0.25) is 18.6 Å². The number of methoxy groups -OCH3 is 1. The second kappa shape index (κ2) is 6.49. The summed E-state index contributed by atoms with van der Waals surface area (Å²) in [4.78, 5) is 28.4. The smallest absolute Gasteiger partial charge is 0.234 e. The van der Waals surface area contributed by atoms with E-state index in [4.69, 9.17) is 18.9 Å². The van der Waals surface area contributed by atoms with E-state index < -0.39 is 23.5 Å². The number of hydrogen-bond donors (Lipinski definition) is 1. The maximum atomic E-state index is 13.4. The molecule has 8 nitrogen and oxygen atoms in total. The van der Waals surface area contributed by atoms with Crippen molar-refractivity contribution in [2.24, 2.45) is 11.8 Å². The van der Waals surface area contributed by atoms with Crippen molar-refractivity contribution < 1.29 is 28.5 Å². The van der Waals surface area contributed by atoms with E-state index in [9.17, 15) is 9.59 Å². The molecule has 31 heavy (non-hydrogen) atoms. The average Bonchev–Trinajstić information content (AvgIpc) is 3.54. The average molecular weight is 420 g/mol. The van der Waals surface area contributed by atoms with E-state index >= 15 is 0 Å². The molecule has 1 spiro atoms. The molecular weight excluding hydrogens is 400 g/mol. The van der Waals surface area contributed by atoms with Gasteiger partial charge in [0.1, 0.15) is 11.4 Å². The van der Waals surface area contributed by atoms with Crippen LogP contribution in [0.15, 0.2) is 54.6 Å². The number of carbonyl (C=O) groups is 2. The van der Waals surface area contributed by atoms with Gasteiger partial charge in [0.15, 0.2) is 11.5 Å². The van der Waals surface area contributed by atoms with Gasteiger partial charge in [0, 0.05) is 23.5 Å². The zero-order valence-corrected chi connectivity index (χ0v) is 16.7. The lowest BCUT2D eigenvalue weighted by atomic mass is 9.77. The Morgan fingerprint density at radius 2 is 2.06 bits per heavy atom. The van der Waals surface area contributed by atoms with Gasteiger partial charge in [-0.15, -0.1) is 0 Å². The topological polar surface area (TPSA) is 86.3 Å². The third-order valence-corrected chi connectivity index (χ3v) is 6.41. The van der Waals surface area contributed by atoms with E-state index in [1.807, 2.05) is 36.4 Å². The summed E-state index contributed by atoms with van der Waals surface area (Å²) in [6, 6.07) is 12.6. The molecule has 4 aliphatic heterocycles. The van der Waals surface area contributed by atoms with Crippen LogP contribution in [0.3, 0.4) is 0 Å². The minimum absolute atomic E-state index is 0.120. The molecule has 0 aliphatic carbocycles. The molecule has 0 aromatic heterocycles. The van der Waals surface area contributed by atoms with E-state index in [-0.39, 0.29) is 18.6 Å². The van der Waals surface area contributed by atoms with Crippen molar-refractivity contribution in [1.29, 1.82) is 0 Å². The van der Waals surface area contributed by atoms with E-state index in [2.05, 4.69) is 5.32 Å². The van der Waals surface area contributed by atoms with Crippen LogP contribution < -0.4 is 24.4 Å². The molecule has 8 heteroatoms. The predicted molar refractivity (Wildman–Crippen MR) is 110 cm³/mol. The molecule has 4 atom stereocenters. The van der Waals surface area contributed by atoms with Crippen molar-refractivity contribution in [3.05, 3.63) is 54.6 Å². The first kappa shape index (κ1) is 18.3. The Morgan fingerprint density at radius 3 is 2.94 bits per heavy atom. The standard InChI is InChI=1S/C23H20N2O6/c1-28-15-4-2-3-14(10-15)25-11-23-8-7-17(31-23)19(20(23)22(25)27)21(26)24-13-5-6-16-18(9-13)30-12-29-16/h2-10,17,19-20H,11-12H2,1H3,(H,24,26)/t17-,19-,20+,23-/m1/s1. The maximum Gasteiger partial charge on any atom is 0.234 e. The highest BCUT2D eigenvalue weighted by Gasteiger charge is 2.67. The molecule has 2 bridgehead atoms. The number of benzene rings is 2. The van der Waals surface area contributed by atoms with Crippen LogP contribution in [-0.2, 0) is 14.3 Å². The van der Waals surface area contributed by atoms with Crippen molar-refractivity contribution in [2.75, 3.05) is 30.7 Å². The van der Waals surface area contributed by atoms with Gasteiger partial charge < -0.3 is 29.2 Å². The molecule has 4 aliphatic rings. The number of nitrogens with zero attached hydrogens (tertiary/aromatic N) is 1. The Morgan fingerprint density at radius 1 is 1.19 bits per heavy atom. The molecule has 0 radical (unpaired) electrons. The van der Waals surface area contributed by atoms with Crippen LogP contribution in [-0.4, -0.2) is 44.0 Å². The minimum Gasteiger partial charge on any atom is -0.497 e. The van der Waals surface area contributed by atoms with E-state index in [1.54, 1.807) is 30.2 Å². The predicted octanol–water partition coefficient (Wildman–Crippen LogP) is 2.35. The van der Waals surface area contributed by atoms with Crippen molar-refractivity contribution in [1.82, 2.24) is 0 Å². The van der Waals surface area contributed by atoms with Crippen LogP contribution in [0.1, 0.15) is 0 Å². The highest BCUT2D eigenvalue weighted by molar-refractivity contribution is 6.05. The van der Waals surface area contributed by atoms with Crippen LogP contribution in [0.2, 0.25) is 0 Å². The molecule has 2 saturated heterocycles. The van der Waals surface area contributed by atoms with Crippen LogP contribution >= 0.6 is 0 Å². The summed E-state index contributed by atoms with van der Waals surface area (Å²) in [5, 5.41) is 2.92. The number of rotatable bonds is 4. The Labute approximate surface area is 178 Å². The number of hydrogen-bond acceptors (Lipinski definition) is 6. The fraction of sp³-hybridized carbons (Fsp3) is 0.304. The van der Waals surface area contributed by atoms with Crippen LogP contribution in [0, 0.1) is 11.8 Å². The normalized spacial score (nSPS) is 29.4. The number of ether oxygens (including phenoxy) is 4. The van der Waals surface area contributed by atoms with Gasteiger partial charge in [-0.2, -0.15) is 0 Å². The van der Waals surface area contributed by atoms with Crippen molar-refractivity contribution >= 4 is 23.2 Å². The number of anilines is 2. The fourth-order valence-electron chi connectivity index (χ4n) is 4.99. The molecule has 2 amide bonds. The highest BCUT2D eigenvalue weighted by atomic mass is 16.7. The summed E-state index contributed by atoms with van der Waals surface area (Å²) in [5.74, 6) is 0.327. The summed E-state index contributed by atoms with van der Waals surface area (Å²) in [6.45, 7) is 0.528. The van der Waals surface area contributed by atoms with Crippen molar-refractivity contribution in [2.45, 2.75) is 11.7 Å². The monoisotopic (exact) mass is 420 g/mol. The first-order valence-electron chi connectivity index (χ1n) is 10.1. The molecule has 2 aromatic rings. The summed E-state index contributed by atoms with van der Waals surface area (Å²) >= 11 is 0. The van der Waals surface area contributed by atoms with Crippen LogP contribution in [0.5, 0.6) is 17.2 Å². The SMILES string of the molecule is COc1cccc(N2C[C@@]34C=C[C@@H](O3)[C@@H](C(=O)Nc3ccc5c(c3)OCO5)[C@H]4C2=O)c1. The lowest BCUT2D eigenvalue weighted by molar-refractivity contribution is -0.128. The number of fused-ring (bicyclic) bond motifs is 2. The Balaban J connectivity index is 1.28. The lowest BCUT2D eigenvalue weighted by Gasteiger charge is -2.23. The van der Waals surface area contributed by atoms with Crippen molar-refractivity contribution in [3.8, 4) is 17.2 Å². The summed E-state index contributed by atoms with van der Waals surface area (Å²) in [7, 11) is 1.59. The summed E-state index contributed by atoms with van der Waals surface area (Å²) < 4.78 is 22.2. The quantitative estimate of drug-likeness (QED) is 0.765. The van der Waals surface area contributed by atoms with Crippen LogP contribution in [0.25, 0.3) is 0 Å². The Bertz CT molecular complexity index is 1130. The zero-order chi connectivity index (χ0) is 21.2. The number of nitrogens with one attached hydrogen (secondary N) is 1. The molecule has 158 valence electrons. The second-order valence-corrected chi connectivity index (χ2v) is 8.08. The van der Waals surface area contributed by atoms with Gasteiger partial charge in [-0.05, 0) is 24.3 Å². The minimum atomic E-state index is -0.790. The molecule has 4 heterocycles. The van der Waals surface area contributed by atoms with Crippen LogP contribution in [0.4, 0.5) is 11.4 Å². The Kier molecular flexibility index (Phi) is 3.82. The van der Waals surface area contributed by atoms with Gasteiger partial charge in [0.25, 0.3) is 0 Å². The third kappa shape index (κ3) is 2.64. The van der Waals surface area contributed by atoms with Gasteiger partial charge in [-0.1, -0.05) is 18.2 Å². The lowest BCUT2D eigenvalue weighted by Crippen LogP contribution is -2.41. The first-order valence-corrected chi connectivity index (χ1v) is 10.1. The van der Waals surface area contributed by atoms with Gasteiger partial charge >= 0.3 is 0 Å². The molecule has 0 saturated carbocycles. The number of amides is 2. The summed E-state index contributed by atoms with van der Waals surface area (Å²) in [6.07, 6.45) is 3.41. The molecule has 2 fully saturated rings. The second-order valence-electron chi connectivity index (χ2n) is 8.08. The van der Waals surface area contributed by atoms with E-state index in [0.717, 1.165) is 5.69 Å². The zero-order valence-electron chi connectivity index (χ0n) is 16.7. The fourth-order valence-corrected chi connectivity index (χ4v) is 4.99. The third-order valence-electron chi connectivity index (χ3n) is 6.41. The van der Waals surface area contributed by atoms with Crippen molar-refractivity contribution in [3.63, 3.8) is 0 Å². The maximum absolute atomic E-state index is 13.4. The molecule has 2 aromatic carbocycles. The molecule has 6 rings (SSSR count). The largest absolute Gasteiger partial charge is 0.497 e. The van der Waals surface area contributed by atoms with Gasteiger partial charge in [-0.3, -0.25) is 9.59 Å². The Hall–Kier alpha value is -3.52. The molecular formula is C23H20N2O6. The summed E-state index contributed by atoms with van der Waals surface area (Å²) in [5.41, 5.74) is 0.524. The molecule has 1 N–H and O–H groups in total. The van der Waals surface area contributed by atoms with Gasteiger partial charge in [0.05, 0.1) is 31.6 Å². The van der Waals surface area contributed by atoms with E-state index in [1.165, 1.54) is 0 Å². The first-order chi connectivity index (χ1) is 15.1. The van der Waals surface area contributed by atoms with E-state index in [0.29, 0.717) is 29.5 Å². The molecule has 0 unspecified atom stereocenters. The number of carbonyl (C=O) groups excluding carboxylic acids is 2. The highest BCUT2D eigenvalue weighted by Crippen LogP contribution is 2.53. The van der Waals surface area contributed by atoms with Gasteiger partial charge in [-0.25, -0.2) is 0 Å².